The third-order valence-electron chi connectivity index (χ3n) is 2.45. The molecule has 0 amide bonds. The highest BCUT2D eigenvalue weighted by Gasteiger charge is 1.89. The van der Waals surface area contributed by atoms with Crippen molar-refractivity contribution in [2.75, 3.05) is 0 Å². The highest BCUT2D eigenvalue weighted by molar-refractivity contribution is 5.51. The molecule has 0 heteroatoms. The van der Waals surface area contributed by atoms with E-state index in [1.165, 1.54) is 16.7 Å². The first kappa shape index (κ1) is 10.7. The van der Waals surface area contributed by atoms with Crippen molar-refractivity contribution in [3.05, 3.63) is 83.8 Å². The van der Waals surface area contributed by atoms with Crippen molar-refractivity contribution >= 4 is 6.08 Å². The molecule has 0 fully saturated rings. The van der Waals surface area contributed by atoms with Crippen molar-refractivity contribution in [3.8, 4) is 0 Å². The molecule has 0 aliphatic heterocycles. The molecule has 0 saturated carbocycles. The summed E-state index contributed by atoms with van der Waals surface area (Å²) in [5, 5.41) is 0. The van der Waals surface area contributed by atoms with E-state index in [1.54, 1.807) is 0 Å². The molecule has 16 heavy (non-hydrogen) atoms. The molecule has 0 N–H and O–H groups in total. The number of aryl methyl sites for hydroxylation is 1. The summed E-state index contributed by atoms with van der Waals surface area (Å²) in [5.41, 5.74) is 3.76. The molecule has 2 rings (SSSR count). The van der Waals surface area contributed by atoms with Gasteiger partial charge in [0.2, 0.25) is 0 Å². The fraction of sp³-hybridized carbons (Fsp3) is 0.0625. The van der Waals surface area contributed by atoms with Crippen LogP contribution in [-0.2, 0) is 0 Å². The van der Waals surface area contributed by atoms with Crippen LogP contribution in [-0.4, -0.2) is 0 Å². The van der Waals surface area contributed by atoms with Gasteiger partial charge in [-0.15, -0.1) is 0 Å². The lowest BCUT2D eigenvalue weighted by Crippen LogP contribution is -1.78. The molecule has 0 spiro atoms. The normalized spacial score (nSPS) is 10.8. The summed E-state index contributed by atoms with van der Waals surface area (Å²) in [6.45, 7) is 2.10. The first-order valence-corrected chi connectivity index (χ1v) is 5.48. The fourth-order valence-corrected chi connectivity index (χ4v) is 1.51. The average molecular weight is 207 g/mol. The molecular formula is C16H15. The molecule has 0 aliphatic rings. The van der Waals surface area contributed by atoms with Gasteiger partial charge in [-0.25, -0.2) is 0 Å². The quantitative estimate of drug-likeness (QED) is 0.705. The van der Waals surface area contributed by atoms with Crippen molar-refractivity contribution in [2.45, 2.75) is 6.92 Å². The Labute approximate surface area is 97.3 Å². The molecular weight excluding hydrogens is 192 g/mol. The number of benzene rings is 2. The van der Waals surface area contributed by atoms with E-state index in [1.807, 2.05) is 18.2 Å². The minimum atomic E-state index is 1.23. The van der Waals surface area contributed by atoms with Crippen LogP contribution in [0.2, 0.25) is 0 Å². The maximum atomic E-state index is 2.13. The van der Waals surface area contributed by atoms with E-state index in [2.05, 4.69) is 61.9 Å². The maximum Gasteiger partial charge on any atom is 0.0125 e. The van der Waals surface area contributed by atoms with Crippen molar-refractivity contribution < 1.29 is 0 Å². The van der Waals surface area contributed by atoms with Crippen molar-refractivity contribution in [1.82, 2.24) is 0 Å². The Hall–Kier alpha value is -1.82. The van der Waals surface area contributed by atoms with Gasteiger partial charge < -0.3 is 0 Å². The Morgan fingerprint density at radius 3 is 2.12 bits per heavy atom. The minimum Gasteiger partial charge on any atom is -0.0755 e. The van der Waals surface area contributed by atoms with Gasteiger partial charge in [-0.05, 0) is 18.1 Å². The smallest absolute Gasteiger partial charge is 0.0125 e. The summed E-state index contributed by atoms with van der Waals surface area (Å²) >= 11 is 0. The Balaban J connectivity index is 1.97. The van der Waals surface area contributed by atoms with Crippen molar-refractivity contribution in [2.24, 2.45) is 0 Å². The lowest BCUT2D eigenvalue weighted by Gasteiger charge is -1.96. The molecule has 2 aromatic carbocycles. The number of hydrogen-bond acceptors (Lipinski definition) is 0. The number of allylic oxidation sites excluding steroid dienone is 1. The highest BCUT2D eigenvalue weighted by atomic mass is 13.9. The molecule has 0 unspecified atom stereocenters. The van der Waals surface area contributed by atoms with Crippen molar-refractivity contribution in [3.63, 3.8) is 0 Å². The maximum absolute atomic E-state index is 2.13. The first-order valence-electron chi connectivity index (χ1n) is 5.48. The monoisotopic (exact) mass is 207 g/mol. The van der Waals surface area contributed by atoms with Gasteiger partial charge in [0.05, 0.1) is 0 Å². The van der Waals surface area contributed by atoms with E-state index in [0.29, 0.717) is 0 Å². The lowest BCUT2D eigenvalue weighted by atomic mass is 10.1. The van der Waals surface area contributed by atoms with Crippen LogP contribution >= 0.6 is 0 Å². The van der Waals surface area contributed by atoms with Crippen LogP contribution in [0.4, 0.5) is 0 Å². The largest absolute Gasteiger partial charge is 0.0755 e. The second-order valence-electron chi connectivity index (χ2n) is 3.85. The molecule has 0 aliphatic carbocycles. The van der Waals surface area contributed by atoms with Gasteiger partial charge in [-0.2, -0.15) is 0 Å². The van der Waals surface area contributed by atoms with E-state index in [4.69, 9.17) is 0 Å². The molecule has 0 bridgehead atoms. The second kappa shape index (κ2) is 5.32. The van der Waals surface area contributed by atoms with E-state index in [0.717, 1.165) is 0 Å². The van der Waals surface area contributed by atoms with Crippen molar-refractivity contribution in [1.29, 1.82) is 0 Å². The third kappa shape index (κ3) is 3.09. The highest BCUT2D eigenvalue weighted by Crippen LogP contribution is 2.08. The summed E-state index contributed by atoms with van der Waals surface area (Å²) in [4.78, 5) is 0. The Kier molecular flexibility index (Phi) is 3.55. The Morgan fingerprint density at radius 1 is 0.750 bits per heavy atom. The standard InChI is InChI=1S/C16H15/c1-14-10-12-16(13-11-14)9-5-8-15-6-3-2-4-7-15/h2-13H,1H3. The van der Waals surface area contributed by atoms with Gasteiger partial charge in [0, 0.05) is 6.42 Å². The molecule has 0 aromatic heterocycles. The van der Waals surface area contributed by atoms with Gasteiger partial charge in [0.15, 0.2) is 0 Å². The predicted molar refractivity (Wildman–Crippen MR) is 70.1 cm³/mol. The summed E-state index contributed by atoms with van der Waals surface area (Å²) in [6, 6.07) is 18.8. The van der Waals surface area contributed by atoms with Crippen LogP contribution in [0.1, 0.15) is 16.7 Å². The van der Waals surface area contributed by atoms with E-state index < -0.39 is 0 Å². The van der Waals surface area contributed by atoms with Crippen LogP contribution in [0.25, 0.3) is 6.08 Å². The van der Waals surface area contributed by atoms with E-state index in [9.17, 15) is 0 Å². The molecule has 2 aromatic rings. The lowest BCUT2D eigenvalue weighted by molar-refractivity contribution is 1.42. The fourth-order valence-electron chi connectivity index (χ4n) is 1.51. The summed E-state index contributed by atoms with van der Waals surface area (Å²) < 4.78 is 0. The SMILES string of the molecule is Cc1ccc([CH]C=Cc2ccccc2)cc1. The van der Waals surface area contributed by atoms with Crippen LogP contribution in [0, 0.1) is 13.3 Å². The predicted octanol–water partition coefficient (Wildman–Crippen LogP) is 4.26. The summed E-state index contributed by atoms with van der Waals surface area (Å²) in [5.74, 6) is 0. The first-order chi connectivity index (χ1) is 7.84. The minimum absolute atomic E-state index is 1.23. The average Bonchev–Trinajstić information content (AvgIpc) is 2.33. The molecule has 0 nitrogen and oxygen atoms in total. The molecule has 79 valence electrons. The Morgan fingerprint density at radius 2 is 1.44 bits per heavy atom. The topological polar surface area (TPSA) is 0 Å². The zero-order chi connectivity index (χ0) is 11.2. The van der Waals surface area contributed by atoms with Crippen LogP contribution in [0.3, 0.4) is 0 Å². The molecule has 0 saturated heterocycles. The molecule has 0 atom stereocenters. The van der Waals surface area contributed by atoms with E-state index >= 15 is 0 Å². The summed E-state index contributed by atoms with van der Waals surface area (Å²) in [6.07, 6.45) is 6.31. The van der Waals surface area contributed by atoms with Gasteiger partial charge in [0.1, 0.15) is 0 Å². The Bertz CT molecular complexity index is 449. The van der Waals surface area contributed by atoms with E-state index in [-0.39, 0.29) is 0 Å². The van der Waals surface area contributed by atoms with Crippen LogP contribution < -0.4 is 0 Å². The van der Waals surface area contributed by atoms with Gasteiger partial charge in [-0.3, -0.25) is 0 Å². The van der Waals surface area contributed by atoms with Crippen LogP contribution in [0.15, 0.2) is 60.7 Å². The van der Waals surface area contributed by atoms with Gasteiger partial charge >= 0.3 is 0 Å². The van der Waals surface area contributed by atoms with Gasteiger partial charge in [-0.1, -0.05) is 72.3 Å². The second-order valence-corrected chi connectivity index (χ2v) is 3.85. The van der Waals surface area contributed by atoms with Gasteiger partial charge in [0.25, 0.3) is 0 Å². The summed E-state index contributed by atoms with van der Waals surface area (Å²) in [7, 11) is 0. The number of rotatable bonds is 3. The zero-order valence-corrected chi connectivity index (χ0v) is 9.43. The third-order valence-corrected chi connectivity index (χ3v) is 2.45. The van der Waals surface area contributed by atoms with Crippen LogP contribution in [0.5, 0.6) is 0 Å². The zero-order valence-electron chi connectivity index (χ0n) is 9.43. The molecule has 1 radical (unpaired) electrons. The molecule has 0 heterocycles. The number of hydrogen-bond donors (Lipinski definition) is 0.